The molecule has 1 unspecified atom stereocenters. The number of carbonyl (C=O) groups is 1. The van der Waals surface area contributed by atoms with Gasteiger partial charge in [0.15, 0.2) is 0 Å². The first-order valence-electron chi connectivity index (χ1n) is 7.72. The third-order valence-corrected chi connectivity index (χ3v) is 4.15. The van der Waals surface area contributed by atoms with Crippen molar-refractivity contribution in [2.45, 2.75) is 26.2 Å². The Morgan fingerprint density at radius 3 is 2.28 bits per heavy atom. The lowest BCUT2D eigenvalue weighted by Gasteiger charge is -2.21. The summed E-state index contributed by atoms with van der Waals surface area (Å²) in [4.78, 5) is 32.2. The fourth-order valence-electron chi connectivity index (χ4n) is 2.63. The SMILES string of the molecule is C=C(C)C1CC=C(COC(=O)c2cc([N+](=O)[O-])cc([N+](=O)[O-])c2)CC1. The zero-order chi connectivity index (χ0) is 18.6. The van der Waals surface area contributed by atoms with Crippen molar-refractivity contribution in [3.63, 3.8) is 0 Å². The quantitative estimate of drug-likeness (QED) is 0.333. The van der Waals surface area contributed by atoms with Crippen LogP contribution in [0.2, 0.25) is 0 Å². The average molecular weight is 346 g/mol. The van der Waals surface area contributed by atoms with Crippen molar-refractivity contribution in [1.29, 1.82) is 0 Å². The first-order chi connectivity index (χ1) is 11.8. The van der Waals surface area contributed by atoms with Crippen molar-refractivity contribution in [2.75, 3.05) is 6.61 Å². The third-order valence-electron chi connectivity index (χ3n) is 4.15. The molecule has 0 N–H and O–H groups in total. The van der Waals surface area contributed by atoms with Crippen LogP contribution >= 0.6 is 0 Å². The Bertz CT molecular complexity index is 736. The average Bonchev–Trinajstić information content (AvgIpc) is 2.59. The Balaban J connectivity index is 2.07. The number of hydrogen-bond acceptors (Lipinski definition) is 6. The normalized spacial score (nSPS) is 16.7. The molecule has 0 fully saturated rings. The van der Waals surface area contributed by atoms with Crippen LogP contribution in [-0.2, 0) is 4.74 Å². The second-order valence-electron chi connectivity index (χ2n) is 6.01. The summed E-state index contributed by atoms with van der Waals surface area (Å²) in [7, 11) is 0. The molecule has 0 aromatic heterocycles. The number of ether oxygens (including phenoxy) is 1. The number of non-ortho nitro benzene ring substituents is 2. The first kappa shape index (κ1) is 18.3. The smallest absolute Gasteiger partial charge is 0.338 e. The number of nitro benzene ring substituents is 2. The van der Waals surface area contributed by atoms with Crippen LogP contribution in [0, 0.1) is 26.1 Å². The summed E-state index contributed by atoms with van der Waals surface area (Å²) in [5, 5.41) is 21.7. The van der Waals surface area contributed by atoms with Gasteiger partial charge in [0.25, 0.3) is 11.4 Å². The van der Waals surface area contributed by atoms with Gasteiger partial charge in [0.05, 0.1) is 21.5 Å². The minimum atomic E-state index is -0.824. The van der Waals surface area contributed by atoms with Gasteiger partial charge in [-0.25, -0.2) is 4.79 Å². The van der Waals surface area contributed by atoms with Gasteiger partial charge in [-0.15, -0.1) is 0 Å². The topological polar surface area (TPSA) is 113 Å². The number of esters is 1. The maximum absolute atomic E-state index is 12.1. The highest BCUT2D eigenvalue weighted by atomic mass is 16.6. The van der Waals surface area contributed by atoms with E-state index in [1.165, 1.54) is 0 Å². The second kappa shape index (κ2) is 7.69. The lowest BCUT2D eigenvalue weighted by atomic mass is 9.86. The van der Waals surface area contributed by atoms with E-state index in [2.05, 4.69) is 6.58 Å². The Morgan fingerprint density at radius 1 is 1.24 bits per heavy atom. The summed E-state index contributed by atoms with van der Waals surface area (Å²) in [5.74, 6) is -0.395. The van der Waals surface area contributed by atoms with Gasteiger partial charge in [0, 0.05) is 12.1 Å². The van der Waals surface area contributed by atoms with Crippen LogP contribution in [0.15, 0.2) is 42.0 Å². The number of nitro groups is 2. The molecule has 1 aromatic carbocycles. The molecule has 25 heavy (non-hydrogen) atoms. The van der Waals surface area contributed by atoms with E-state index >= 15 is 0 Å². The largest absolute Gasteiger partial charge is 0.458 e. The van der Waals surface area contributed by atoms with Crippen LogP contribution in [0.5, 0.6) is 0 Å². The minimum absolute atomic E-state index is 0.0677. The number of carbonyl (C=O) groups excluding carboxylic acids is 1. The Kier molecular flexibility index (Phi) is 5.63. The molecule has 1 atom stereocenters. The third kappa shape index (κ3) is 4.72. The molecule has 0 saturated carbocycles. The highest BCUT2D eigenvalue weighted by Crippen LogP contribution is 2.28. The highest BCUT2D eigenvalue weighted by Gasteiger charge is 2.21. The molecule has 0 amide bonds. The highest BCUT2D eigenvalue weighted by molar-refractivity contribution is 5.91. The molecule has 0 bridgehead atoms. The van der Waals surface area contributed by atoms with Gasteiger partial charge < -0.3 is 4.74 Å². The van der Waals surface area contributed by atoms with E-state index in [9.17, 15) is 25.0 Å². The molecule has 0 heterocycles. The summed E-state index contributed by atoms with van der Waals surface area (Å²) in [5.41, 5.74) is 0.823. The van der Waals surface area contributed by atoms with E-state index in [0.29, 0.717) is 5.92 Å². The molecule has 1 aliphatic carbocycles. The number of rotatable bonds is 6. The fraction of sp³-hybridized carbons (Fsp3) is 0.353. The van der Waals surface area contributed by atoms with Crippen molar-refractivity contribution < 1.29 is 19.4 Å². The van der Waals surface area contributed by atoms with E-state index < -0.39 is 27.2 Å². The van der Waals surface area contributed by atoms with E-state index in [1.807, 2.05) is 13.0 Å². The molecule has 8 heteroatoms. The molecule has 1 aliphatic rings. The van der Waals surface area contributed by atoms with Crippen molar-refractivity contribution >= 4 is 17.3 Å². The standard InChI is InChI=1S/C17H18N2O6/c1-11(2)13-5-3-12(4-6-13)10-25-17(20)14-7-15(18(21)22)9-16(8-14)19(23)24/h3,7-9,13H,1,4-6,10H2,2H3. The van der Waals surface area contributed by atoms with E-state index in [0.717, 1.165) is 48.6 Å². The summed E-state index contributed by atoms with van der Waals surface area (Å²) < 4.78 is 5.16. The zero-order valence-corrected chi connectivity index (χ0v) is 13.8. The molecule has 0 aliphatic heterocycles. The van der Waals surface area contributed by atoms with Crippen molar-refractivity contribution in [3.05, 3.63) is 67.8 Å². The van der Waals surface area contributed by atoms with Gasteiger partial charge in [-0.1, -0.05) is 18.2 Å². The zero-order valence-electron chi connectivity index (χ0n) is 13.8. The van der Waals surface area contributed by atoms with Gasteiger partial charge in [-0.05, 0) is 37.7 Å². The lowest BCUT2D eigenvalue weighted by molar-refractivity contribution is -0.394. The minimum Gasteiger partial charge on any atom is -0.458 e. The molecule has 132 valence electrons. The molecule has 1 aromatic rings. The Hall–Kier alpha value is -3.03. The van der Waals surface area contributed by atoms with E-state index in [1.54, 1.807) is 0 Å². The molecular formula is C17H18N2O6. The summed E-state index contributed by atoms with van der Waals surface area (Å²) in [6, 6.07) is 2.75. The summed E-state index contributed by atoms with van der Waals surface area (Å²) in [6.07, 6.45) is 4.55. The molecule has 0 saturated heterocycles. The molecular weight excluding hydrogens is 328 g/mol. The van der Waals surface area contributed by atoms with Gasteiger partial charge >= 0.3 is 5.97 Å². The van der Waals surface area contributed by atoms with Crippen LogP contribution in [0.25, 0.3) is 0 Å². The maximum Gasteiger partial charge on any atom is 0.338 e. The van der Waals surface area contributed by atoms with Crippen molar-refractivity contribution in [1.82, 2.24) is 0 Å². The second-order valence-corrected chi connectivity index (χ2v) is 6.01. The van der Waals surface area contributed by atoms with Crippen molar-refractivity contribution in [2.24, 2.45) is 5.92 Å². The molecule has 8 nitrogen and oxygen atoms in total. The number of hydrogen-bond donors (Lipinski definition) is 0. The molecule has 0 radical (unpaired) electrons. The van der Waals surface area contributed by atoms with Gasteiger partial charge in [0.1, 0.15) is 6.61 Å². The number of nitrogens with zero attached hydrogens (tertiary/aromatic N) is 2. The molecule has 0 spiro atoms. The monoisotopic (exact) mass is 346 g/mol. The predicted molar refractivity (Wildman–Crippen MR) is 90.3 cm³/mol. The van der Waals surface area contributed by atoms with Crippen molar-refractivity contribution in [3.8, 4) is 0 Å². The van der Waals surface area contributed by atoms with Crippen LogP contribution in [0.4, 0.5) is 11.4 Å². The lowest BCUT2D eigenvalue weighted by Crippen LogP contribution is -2.13. The fourth-order valence-corrected chi connectivity index (χ4v) is 2.63. The number of allylic oxidation sites excluding steroid dienone is 2. The van der Waals surface area contributed by atoms with E-state index in [-0.39, 0.29) is 12.2 Å². The van der Waals surface area contributed by atoms with Crippen LogP contribution in [0.1, 0.15) is 36.5 Å². The first-order valence-corrected chi connectivity index (χ1v) is 7.72. The van der Waals surface area contributed by atoms with Crippen LogP contribution in [0.3, 0.4) is 0 Å². The van der Waals surface area contributed by atoms with Gasteiger partial charge in [0.2, 0.25) is 0 Å². The summed E-state index contributed by atoms with van der Waals surface area (Å²) >= 11 is 0. The Labute approximate surface area is 144 Å². The Morgan fingerprint density at radius 2 is 1.84 bits per heavy atom. The van der Waals surface area contributed by atoms with Crippen LogP contribution < -0.4 is 0 Å². The number of benzene rings is 1. The van der Waals surface area contributed by atoms with Gasteiger partial charge in [-0.2, -0.15) is 0 Å². The molecule has 2 rings (SSSR count). The van der Waals surface area contributed by atoms with Crippen LogP contribution in [-0.4, -0.2) is 22.4 Å². The predicted octanol–water partition coefficient (Wildman–Crippen LogP) is 3.96. The van der Waals surface area contributed by atoms with Gasteiger partial charge in [-0.3, -0.25) is 20.2 Å². The summed E-state index contributed by atoms with van der Waals surface area (Å²) in [6.45, 7) is 5.99. The maximum atomic E-state index is 12.1. The van der Waals surface area contributed by atoms with E-state index in [4.69, 9.17) is 4.74 Å².